The van der Waals surface area contributed by atoms with Gasteiger partial charge in [-0.3, -0.25) is 0 Å². The Morgan fingerprint density at radius 3 is 2.31 bits per heavy atom. The molecule has 0 aromatic heterocycles. The van der Waals surface area contributed by atoms with E-state index in [2.05, 4.69) is 26.2 Å². The predicted octanol–water partition coefficient (Wildman–Crippen LogP) is 3.40. The fourth-order valence-corrected chi connectivity index (χ4v) is 1.96. The van der Waals surface area contributed by atoms with Gasteiger partial charge >= 0.3 is 6.18 Å². The SMILES string of the molecule is FC(F)(F)[C@@H]1N=NC(C2CC2)=C1Br. The zero-order chi connectivity index (χ0) is 9.64. The van der Waals surface area contributed by atoms with E-state index in [4.69, 9.17) is 0 Å². The highest BCUT2D eigenvalue weighted by atomic mass is 79.9. The van der Waals surface area contributed by atoms with Gasteiger partial charge in [-0.15, -0.1) is 0 Å². The van der Waals surface area contributed by atoms with Crippen molar-refractivity contribution in [3.05, 3.63) is 10.2 Å². The maximum atomic E-state index is 12.3. The minimum atomic E-state index is -4.32. The summed E-state index contributed by atoms with van der Waals surface area (Å²) in [5, 5.41) is 6.77. The van der Waals surface area contributed by atoms with Crippen molar-refractivity contribution in [1.82, 2.24) is 0 Å². The van der Waals surface area contributed by atoms with Crippen LogP contribution in [0.4, 0.5) is 13.2 Å². The van der Waals surface area contributed by atoms with Crippen molar-refractivity contribution in [2.75, 3.05) is 0 Å². The van der Waals surface area contributed by atoms with E-state index in [-0.39, 0.29) is 10.4 Å². The van der Waals surface area contributed by atoms with Crippen LogP contribution < -0.4 is 0 Å². The molecule has 0 saturated heterocycles. The summed E-state index contributed by atoms with van der Waals surface area (Å²) >= 11 is 2.92. The normalized spacial score (nSPS) is 28.8. The van der Waals surface area contributed by atoms with Gasteiger partial charge in [0.2, 0.25) is 0 Å². The highest BCUT2D eigenvalue weighted by Gasteiger charge is 2.47. The van der Waals surface area contributed by atoms with Crippen molar-refractivity contribution in [3.63, 3.8) is 0 Å². The standard InChI is InChI=1S/C7H6BrF3N2/c8-4-5(3-1-2-3)12-13-6(4)7(9,10)11/h3,6H,1-2H2/t6-/m1/s1. The first-order chi connectivity index (χ1) is 6.00. The summed E-state index contributed by atoms with van der Waals surface area (Å²) in [7, 11) is 0. The van der Waals surface area contributed by atoms with Crippen molar-refractivity contribution < 1.29 is 13.2 Å². The van der Waals surface area contributed by atoms with Crippen LogP contribution in [0.3, 0.4) is 0 Å². The Morgan fingerprint density at radius 1 is 1.31 bits per heavy atom. The van der Waals surface area contributed by atoms with E-state index in [1.54, 1.807) is 0 Å². The number of azo groups is 1. The van der Waals surface area contributed by atoms with Gasteiger partial charge in [0.1, 0.15) is 0 Å². The van der Waals surface area contributed by atoms with Crippen LogP contribution in [0.25, 0.3) is 0 Å². The minimum absolute atomic E-state index is 0.0995. The molecule has 1 saturated carbocycles. The first kappa shape index (κ1) is 9.18. The Kier molecular flexibility index (Phi) is 1.98. The molecule has 0 spiro atoms. The molecule has 1 atom stereocenters. The van der Waals surface area contributed by atoms with Crippen LogP contribution in [0, 0.1) is 5.92 Å². The van der Waals surface area contributed by atoms with E-state index in [0.717, 1.165) is 12.8 Å². The van der Waals surface area contributed by atoms with E-state index < -0.39 is 12.2 Å². The summed E-state index contributed by atoms with van der Waals surface area (Å²) in [6, 6.07) is -1.76. The van der Waals surface area contributed by atoms with E-state index in [9.17, 15) is 13.2 Å². The maximum Gasteiger partial charge on any atom is 0.417 e. The molecular formula is C7H6BrF3N2. The van der Waals surface area contributed by atoms with Crippen LogP contribution in [-0.4, -0.2) is 12.2 Å². The summed E-state index contributed by atoms with van der Waals surface area (Å²) in [6.07, 6.45) is -2.47. The van der Waals surface area contributed by atoms with Crippen molar-refractivity contribution in [1.29, 1.82) is 0 Å². The van der Waals surface area contributed by atoms with Crippen LogP contribution in [0.1, 0.15) is 12.8 Å². The quantitative estimate of drug-likeness (QED) is 0.686. The third-order valence-electron chi connectivity index (χ3n) is 2.04. The summed E-state index contributed by atoms with van der Waals surface area (Å²) in [6.45, 7) is 0. The molecular weight excluding hydrogens is 249 g/mol. The van der Waals surface area contributed by atoms with Gasteiger partial charge in [0.05, 0.1) is 10.2 Å². The van der Waals surface area contributed by atoms with Crippen molar-refractivity contribution >= 4 is 15.9 Å². The molecule has 0 aromatic carbocycles. The summed E-state index contributed by atoms with van der Waals surface area (Å²) in [5.74, 6) is 0.200. The average molecular weight is 255 g/mol. The molecule has 1 fully saturated rings. The van der Waals surface area contributed by atoms with E-state index >= 15 is 0 Å². The molecule has 13 heavy (non-hydrogen) atoms. The number of nitrogens with zero attached hydrogens (tertiary/aromatic N) is 2. The van der Waals surface area contributed by atoms with E-state index in [1.165, 1.54) is 0 Å². The van der Waals surface area contributed by atoms with Gasteiger partial charge in [-0.2, -0.15) is 23.4 Å². The fourth-order valence-electron chi connectivity index (χ4n) is 1.20. The van der Waals surface area contributed by atoms with Gasteiger partial charge in [0, 0.05) is 5.92 Å². The number of rotatable bonds is 1. The number of halogens is 4. The molecule has 1 aliphatic carbocycles. The Balaban J connectivity index is 2.23. The van der Waals surface area contributed by atoms with Gasteiger partial charge in [-0.1, -0.05) is 15.9 Å². The molecule has 6 heteroatoms. The molecule has 0 bridgehead atoms. The van der Waals surface area contributed by atoms with Gasteiger partial charge in [0.25, 0.3) is 0 Å². The molecule has 2 aliphatic rings. The van der Waals surface area contributed by atoms with Gasteiger partial charge in [-0.25, -0.2) is 0 Å². The largest absolute Gasteiger partial charge is 0.417 e. The molecule has 0 unspecified atom stereocenters. The first-order valence-corrected chi connectivity index (χ1v) is 4.66. The maximum absolute atomic E-state index is 12.3. The lowest BCUT2D eigenvalue weighted by molar-refractivity contribution is -0.137. The van der Waals surface area contributed by atoms with Crippen molar-refractivity contribution in [2.45, 2.75) is 25.1 Å². The smallest absolute Gasteiger partial charge is 0.170 e. The lowest BCUT2D eigenvalue weighted by Gasteiger charge is -2.10. The molecule has 1 aliphatic heterocycles. The topological polar surface area (TPSA) is 24.7 Å². The molecule has 72 valence electrons. The monoisotopic (exact) mass is 254 g/mol. The van der Waals surface area contributed by atoms with E-state index in [0.29, 0.717) is 5.70 Å². The zero-order valence-electron chi connectivity index (χ0n) is 6.48. The van der Waals surface area contributed by atoms with Crippen LogP contribution >= 0.6 is 15.9 Å². The third-order valence-corrected chi connectivity index (χ3v) is 2.88. The second-order valence-electron chi connectivity index (χ2n) is 3.17. The molecule has 2 nitrogen and oxygen atoms in total. The lowest BCUT2D eigenvalue weighted by atomic mass is 10.2. The fraction of sp³-hybridized carbons (Fsp3) is 0.714. The number of allylic oxidation sites excluding steroid dienone is 1. The Hall–Kier alpha value is -0.390. The van der Waals surface area contributed by atoms with Crippen LogP contribution in [0.15, 0.2) is 20.4 Å². The average Bonchev–Trinajstić information content (AvgIpc) is 2.73. The predicted molar refractivity (Wildman–Crippen MR) is 43.4 cm³/mol. The number of hydrogen-bond acceptors (Lipinski definition) is 2. The van der Waals surface area contributed by atoms with Crippen LogP contribution in [0.2, 0.25) is 0 Å². The van der Waals surface area contributed by atoms with Crippen molar-refractivity contribution in [2.24, 2.45) is 16.1 Å². The molecule has 0 radical (unpaired) electrons. The number of alkyl halides is 3. The molecule has 0 aromatic rings. The lowest BCUT2D eigenvalue weighted by Crippen LogP contribution is -2.25. The Morgan fingerprint density at radius 2 is 1.92 bits per heavy atom. The minimum Gasteiger partial charge on any atom is -0.170 e. The Bertz CT molecular complexity index is 291. The summed E-state index contributed by atoms with van der Waals surface area (Å²) in [4.78, 5) is 0. The summed E-state index contributed by atoms with van der Waals surface area (Å²) in [5.41, 5.74) is 0.488. The van der Waals surface area contributed by atoms with E-state index in [1.807, 2.05) is 0 Å². The second kappa shape index (κ2) is 2.80. The van der Waals surface area contributed by atoms with Crippen LogP contribution in [-0.2, 0) is 0 Å². The molecule has 0 N–H and O–H groups in total. The second-order valence-corrected chi connectivity index (χ2v) is 4.02. The number of hydrogen-bond donors (Lipinski definition) is 0. The van der Waals surface area contributed by atoms with Gasteiger partial charge < -0.3 is 0 Å². The van der Waals surface area contributed by atoms with Gasteiger partial charge in [0.15, 0.2) is 6.04 Å². The molecule has 0 amide bonds. The highest BCUT2D eigenvalue weighted by molar-refractivity contribution is 9.11. The first-order valence-electron chi connectivity index (χ1n) is 3.87. The molecule has 1 heterocycles. The van der Waals surface area contributed by atoms with Gasteiger partial charge in [-0.05, 0) is 12.8 Å². The zero-order valence-corrected chi connectivity index (χ0v) is 8.06. The van der Waals surface area contributed by atoms with Crippen molar-refractivity contribution in [3.8, 4) is 0 Å². The van der Waals surface area contributed by atoms with Crippen LogP contribution in [0.5, 0.6) is 0 Å². The molecule has 2 rings (SSSR count). The Labute approximate surface area is 81.0 Å². The summed E-state index contributed by atoms with van der Waals surface area (Å²) < 4.78 is 36.9. The third kappa shape index (κ3) is 1.63. The highest BCUT2D eigenvalue weighted by Crippen LogP contribution is 2.46.